The van der Waals surface area contributed by atoms with Crippen molar-refractivity contribution in [2.24, 2.45) is 17.3 Å². The minimum atomic E-state index is -0.845. The number of carboxylic acid groups (broad SMARTS) is 1. The highest BCUT2D eigenvalue weighted by Gasteiger charge is 2.66. The fourth-order valence-electron chi connectivity index (χ4n) is 3.94. The predicted molar refractivity (Wildman–Crippen MR) is 75.8 cm³/mol. The van der Waals surface area contributed by atoms with Crippen LogP contribution < -0.4 is 0 Å². The van der Waals surface area contributed by atoms with E-state index in [1.54, 1.807) is 0 Å². The number of carbonyl (C=O) groups is 2. The van der Waals surface area contributed by atoms with Crippen LogP contribution in [0.3, 0.4) is 0 Å². The smallest absolute Gasteiger partial charge is 0.307 e. The highest BCUT2D eigenvalue weighted by molar-refractivity contribution is 5.91. The Morgan fingerprint density at radius 2 is 1.81 bits per heavy atom. The first-order chi connectivity index (χ1) is 9.93. The maximum absolute atomic E-state index is 12.6. The summed E-state index contributed by atoms with van der Waals surface area (Å²) in [5, 5.41) is 9.21. The van der Waals surface area contributed by atoms with Crippen molar-refractivity contribution in [2.75, 3.05) is 39.4 Å². The van der Waals surface area contributed by atoms with Gasteiger partial charge in [-0.2, -0.15) is 0 Å². The van der Waals surface area contributed by atoms with Crippen molar-refractivity contribution in [3.63, 3.8) is 0 Å². The van der Waals surface area contributed by atoms with Gasteiger partial charge in [0.2, 0.25) is 5.91 Å². The summed E-state index contributed by atoms with van der Waals surface area (Å²) in [6, 6.07) is 0.406. The average Bonchev–Trinajstić information content (AvgIpc) is 2.84. The van der Waals surface area contributed by atoms with Gasteiger partial charge in [0.1, 0.15) is 0 Å². The number of carboxylic acids is 1. The van der Waals surface area contributed by atoms with Gasteiger partial charge in [0, 0.05) is 32.2 Å². The van der Waals surface area contributed by atoms with Crippen molar-refractivity contribution >= 4 is 11.9 Å². The summed E-state index contributed by atoms with van der Waals surface area (Å²) >= 11 is 0. The van der Waals surface area contributed by atoms with E-state index in [0.717, 1.165) is 45.8 Å². The Hall–Kier alpha value is -1.14. The van der Waals surface area contributed by atoms with Crippen LogP contribution in [0.15, 0.2) is 0 Å². The first kappa shape index (κ1) is 14.8. The second-order valence-corrected chi connectivity index (χ2v) is 6.99. The second-order valence-electron chi connectivity index (χ2n) is 6.99. The molecule has 0 spiro atoms. The van der Waals surface area contributed by atoms with E-state index < -0.39 is 17.3 Å². The lowest BCUT2D eigenvalue weighted by molar-refractivity contribution is -0.141. The monoisotopic (exact) mass is 296 g/mol. The predicted octanol–water partition coefficient (Wildman–Crippen LogP) is 0.276. The van der Waals surface area contributed by atoms with E-state index in [1.807, 2.05) is 18.7 Å². The third-order valence-corrected chi connectivity index (χ3v) is 5.40. The summed E-state index contributed by atoms with van der Waals surface area (Å²) in [6.45, 7) is 8.63. The Morgan fingerprint density at radius 3 is 2.38 bits per heavy atom. The van der Waals surface area contributed by atoms with E-state index in [0.29, 0.717) is 6.04 Å². The normalized spacial score (nSPS) is 35.7. The van der Waals surface area contributed by atoms with Crippen molar-refractivity contribution in [3.8, 4) is 0 Å². The molecule has 1 aliphatic carbocycles. The standard InChI is InChI=1S/C15H24N2O4/c1-15(2)11(12(15)14(19)20)13(18)17-4-3-10(9-17)16-5-7-21-8-6-16/h10-12H,3-9H2,1-2H3,(H,19,20)/t10?,11-,12+/m1/s1. The lowest BCUT2D eigenvalue weighted by atomic mass is 10.1. The molecule has 1 saturated carbocycles. The molecule has 3 aliphatic rings. The van der Waals surface area contributed by atoms with Crippen molar-refractivity contribution in [2.45, 2.75) is 26.3 Å². The summed E-state index contributed by atoms with van der Waals surface area (Å²) in [5.41, 5.74) is -0.403. The van der Waals surface area contributed by atoms with Gasteiger partial charge in [-0.25, -0.2) is 0 Å². The topological polar surface area (TPSA) is 70.1 Å². The van der Waals surface area contributed by atoms with Crippen molar-refractivity contribution in [3.05, 3.63) is 0 Å². The molecule has 0 aromatic carbocycles. The third kappa shape index (κ3) is 2.55. The van der Waals surface area contributed by atoms with Gasteiger partial charge in [-0.1, -0.05) is 13.8 Å². The average molecular weight is 296 g/mol. The zero-order chi connectivity index (χ0) is 15.2. The van der Waals surface area contributed by atoms with Crippen molar-refractivity contribution < 1.29 is 19.4 Å². The van der Waals surface area contributed by atoms with Crippen LogP contribution in [0, 0.1) is 17.3 Å². The van der Waals surface area contributed by atoms with Crippen LogP contribution in [-0.4, -0.2) is 72.2 Å². The van der Waals surface area contributed by atoms with E-state index in [-0.39, 0.29) is 11.8 Å². The van der Waals surface area contributed by atoms with Gasteiger partial charge >= 0.3 is 5.97 Å². The molecular formula is C15H24N2O4. The number of ether oxygens (including phenoxy) is 1. The molecule has 3 fully saturated rings. The minimum absolute atomic E-state index is 0.0307. The molecular weight excluding hydrogens is 272 g/mol. The van der Waals surface area contributed by atoms with Gasteiger partial charge < -0.3 is 14.7 Å². The van der Waals surface area contributed by atoms with Gasteiger partial charge in [0.25, 0.3) is 0 Å². The molecule has 2 aliphatic heterocycles. The molecule has 2 heterocycles. The lowest BCUT2D eigenvalue weighted by Crippen LogP contribution is -2.45. The zero-order valence-electron chi connectivity index (χ0n) is 12.7. The summed E-state index contributed by atoms with van der Waals surface area (Å²) in [4.78, 5) is 28.1. The van der Waals surface area contributed by atoms with Crippen LogP contribution >= 0.6 is 0 Å². The summed E-state index contributed by atoms with van der Waals surface area (Å²) in [5.74, 6) is -1.68. The summed E-state index contributed by atoms with van der Waals surface area (Å²) in [6.07, 6.45) is 0.983. The third-order valence-electron chi connectivity index (χ3n) is 5.40. The Kier molecular flexibility index (Phi) is 3.69. The van der Waals surface area contributed by atoms with E-state index >= 15 is 0 Å². The SMILES string of the molecule is CC1(C)[C@H](C(=O)O)[C@@H]1C(=O)N1CCC(N2CCOCC2)C1. The molecule has 118 valence electrons. The molecule has 3 rings (SSSR count). The molecule has 6 heteroatoms. The number of amides is 1. The van der Waals surface area contributed by atoms with Crippen LogP contribution in [0.5, 0.6) is 0 Å². The van der Waals surface area contributed by atoms with Crippen LogP contribution in [0.1, 0.15) is 20.3 Å². The van der Waals surface area contributed by atoms with E-state index in [2.05, 4.69) is 4.90 Å². The molecule has 1 unspecified atom stereocenters. The van der Waals surface area contributed by atoms with Gasteiger partial charge in [0.05, 0.1) is 25.0 Å². The van der Waals surface area contributed by atoms with E-state index in [9.17, 15) is 14.7 Å². The number of aliphatic carboxylic acids is 1. The number of morpholine rings is 1. The van der Waals surface area contributed by atoms with Crippen LogP contribution in [0.4, 0.5) is 0 Å². The number of nitrogens with zero attached hydrogens (tertiary/aromatic N) is 2. The first-order valence-corrected chi connectivity index (χ1v) is 7.76. The van der Waals surface area contributed by atoms with Crippen molar-refractivity contribution in [1.29, 1.82) is 0 Å². The fraction of sp³-hybridized carbons (Fsp3) is 0.867. The molecule has 0 aromatic heterocycles. The zero-order valence-corrected chi connectivity index (χ0v) is 12.7. The number of hydrogen-bond acceptors (Lipinski definition) is 4. The minimum Gasteiger partial charge on any atom is -0.481 e. The summed E-state index contributed by atoms with van der Waals surface area (Å²) < 4.78 is 5.36. The molecule has 1 amide bonds. The molecule has 0 bridgehead atoms. The summed E-state index contributed by atoms with van der Waals surface area (Å²) in [7, 11) is 0. The largest absolute Gasteiger partial charge is 0.481 e. The lowest BCUT2D eigenvalue weighted by Gasteiger charge is -2.32. The molecule has 21 heavy (non-hydrogen) atoms. The number of hydrogen-bond donors (Lipinski definition) is 1. The quantitative estimate of drug-likeness (QED) is 0.810. The van der Waals surface area contributed by atoms with Gasteiger partial charge in [-0.05, 0) is 11.8 Å². The number of rotatable bonds is 3. The van der Waals surface area contributed by atoms with E-state index in [1.165, 1.54) is 0 Å². The Labute approximate surface area is 125 Å². The van der Waals surface area contributed by atoms with Crippen LogP contribution in [-0.2, 0) is 14.3 Å². The molecule has 3 atom stereocenters. The fourth-order valence-corrected chi connectivity index (χ4v) is 3.94. The van der Waals surface area contributed by atoms with Gasteiger partial charge in [-0.15, -0.1) is 0 Å². The number of likely N-dealkylation sites (tertiary alicyclic amines) is 1. The highest BCUT2D eigenvalue weighted by Crippen LogP contribution is 2.59. The first-order valence-electron chi connectivity index (χ1n) is 7.76. The highest BCUT2D eigenvalue weighted by atomic mass is 16.5. The Bertz CT molecular complexity index is 445. The molecule has 0 aromatic rings. The molecule has 6 nitrogen and oxygen atoms in total. The maximum Gasteiger partial charge on any atom is 0.307 e. The van der Waals surface area contributed by atoms with Gasteiger partial charge in [-0.3, -0.25) is 14.5 Å². The van der Waals surface area contributed by atoms with E-state index in [4.69, 9.17) is 4.74 Å². The Balaban J connectivity index is 1.59. The van der Waals surface area contributed by atoms with Crippen LogP contribution in [0.2, 0.25) is 0 Å². The molecule has 2 saturated heterocycles. The molecule has 1 N–H and O–H groups in total. The van der Waals surface area contributed by atoms with Crippen LogP contribution in [0.25, 0.3) is 0 Å². The Morgan fingerprint density at radius 1 is 1.14 bits per heavy atom. The number of carbonyl (C=O) groups excluding carboxylic acids is 1. The maximum atomic E-state index is 12.6. The molecule has 0 radical (unpaired) electrons. The van der Waals surface area contributed by atoms with Crippen molar-refractivity contribution in [1.82, 2.24) is 9.80 Å². The van der Waals surface area contributed by atoms with Gasteiger partial charge in [0.15, 0.2) is 0 Å². The second kappa shape index (κ2) is 5.25.